The second-order valence-electron chi connectivity index (χ2n) is 6.55. The van der Waals surface area contributed by atoms with Crippen LogP contribution in [0.25, 0.3) is 5.69 Å². The van der Waals surface area contributed by atoms with Gasteiger partial charge in [-0.2, -0.15) is 0 Å². The zero-order chi connectivity index (χ0) is 21.0. The molecule has 1 N–H and O–H groups in total. The summed E-state index contributed by atoms with van der Waals surface area (Å²) in [5.41, 5.74) is 3.13. The quantitative estimate of drug-likeness (QED) is 0.690. The summed E-state index contributed by atoms with van der Waals surface area (Å²) in [6, 6.07) is 6.13. The summed E-state index contributed by atoms with van der Waals surface area (Å²) in [7, 11) is 0. The van der Waals surface area contributed by atoms with Crippen LogP contribution in [-0.2, 0) is 6.61 Å². The lowest BCUT2D eigenvalue weighted by Gasteiger charge is -2.14. The Labute approximate surface area is 167 Å². The molecule has 0 radical (unpaired) electrons. The Morgan fingerprint density at radius 3 is 2.62 bits per heavy atom. The third-order valence-corrected chi connectivity index (χ3v) is 4.23. The normalized spacial score (nSPS) is 10.4. The second-order valence-corrected chi connectivity index (χ2v) is 6.55. The molecule has 6 nitrogen and oxygen atoms in total. The van der Waals surface area contributed by atoms with Crippen LogP contribution in [0.1, 0.15) is 28.2 Å². The van der Waals surface area contributed by atoms with Crippen LogP contribution in [0.5, 0.6) is 5.75 Å². The van der Waals surface area contributed by atoms with Gasteiger partial charge in [-0.1, -0.05) is 5.92 Å². The fourth-order valence-electron chi connectivity index (χ4n) is 2.84. The van der Waals surface area contributed by atoms with E-state index in [1.54, 1.807) is 38.4 Å². The Morgan fingerprint density at radius 2 is 1.93 bits per heavy atom. The Kier molecular flexibility index (Phi) is 6.05. The number of halogens is 1. The molecule has 148 valence electrons. The van der Waals surface area contributed by atoms with E-state index in [1.807, 2.05) is 6.92 Å². The maximum Gasteiger partial charge on any atom is 0.259 e. The Balaban J connectivity index is 1.91. The fourth-order valence-corrected chi connectivity index (χ4v) is 2.84. The summed E-state index contributed by atoms with van der Waals surface area (Å²) >= 11 is 0. The van der Waals surface area contributed by atoms with Crippen molar-refractivity contribution in [3.63, 3.8) is 0 Å². The number of hydrogen-bond acceptors (Lipinski definition) is 5. The summed E-state index contributed by atoms with van der Waals surface area (Å²) < 4.78 is 21.0. The van der Waals surface area contributed by atoms with E-state index in [-0.39, 0.29) is 24.5 Å². The summed E-state index contributed by atoms with van der Waals surface area (Å²) in [6.45, 7) is 5.02. The first-order chi connectivity index (χ1) is 13.9. The van der Waals surface area contributed by atoms with E-state index < -0.39 is 5.82 Å². The van der Waals surface area contributed by atoms with Gasteiger partial charge >= 0.3 is 0 Å². The molecule has 0 saturated heterocycles. The molecular formula is C22H20FN3O3. The molecule has 0 aromatic carbocycles. The molecule has 0 unspecified atom stereocenters. The van der Waals surface area contributed by atoms with Gasteiger partial charge in [0.2, 0.25) is 0 Å². The maximum atomic E-state index is 13.9. The van der Waals surface area contributed by atoms with Crippen LogP contribution in [0.15, 0.2) is 41.5 Å². The fraction of sp³-hybridized carbons (Fsp3) is 0.227. The van der Waals surface area contributed by atoms with Crippen LogP contribution >= 0.6 is 0 Å². The molecule has 29 heavy (non-hydrogen) atoms. The van der Waals surface area contributed by atoms with E-state index in [2.05, 4.69) is 21.8 Å². The number of ether oxygens (including phenoxy) is 1. The van der Waals surface area contributed by atoms with Crippen molar-refractivity contribution in [3.8, 4) is 23.3 Å². The van der Waals surface area contributed by atoms with Crippen LogP contribution < -0.4 is 10.3 Å². The largest absolute Gasteiger partial charge is 0.487 e. The van der Waals surface area contributed by atoms with Crippen molar-refractivity contribution in [1.29, 1.82) is 0 Å². The van der Waals surface area contributed by atoms with Crippen LogP contribution in [0, 0.1) is 38.4 Å². The van der Waals surface area contributed by atoms with E-state index >= 15 is 0 Å². The molecule has 0 aliphatic carbocycles. The first-order valence-electron chi connectivity index (χ1n) is 8.93. The van der Waals surface area contributed by atoms with Gasteiger partial charge in [-0.3, -0.25) is 14.3 Å². The van der Waals surface area contributed by atoms with E-state index in [4.69, 9.17) is 9.84 Å². The monoisotopic (exact) mass is 393 g/mol. The Morgan fingerprint density at radius 1 is 1.14 bits per heavy atom. The highest BCUT2D eigenvalue weighted by atomic mass is 19.1. The second kappa shape index (κ2) is 8.67. The van der Waals surface area contributed by atoms with Crippen LogP contribution in [0.3, 0.4) is 0 Å². The third-order valence-electron chi connectivity index (χ3n) is 4.23. The number of rotatable bonds is 4. The number of aliphatic hydroxyl groups is 1. The predicted molar refractivity (Wildman–Crippen MR) is 107 cm³/mol. The SMILES string of the molecule is Cc1cnc(COc2cc(C)n(-c3cc(C#CCO)ncc3C)c(=O)c2)c(F)c1. The minimum Gasteiger partial charge on any atom is -0.487 e. The van der Waals surface area contributed by atoms with Crippen molar-refractivity contribution in [2.75, 3.05) is 6.61 Å². The minimum atomic E-state index is -0.445. The van der Waals surface area contributed by atoms with Gasteiger partial charge in [0.15, 0.2) is 0 Å². The minimum absolute atomic E-state index is 0.0792. The number of aliphatic hydroxyl groups excluding tert-OH is 1. The molecule has 0 atom stereocenters. The van der Waals surface area contributed by atoms with Crippen LogP contribution in [-0.4, -0.2) is 26.2 Å². The number of aromatic nitrogens is 3. The van der Waals surface area contributed by atoms with Crippen molar-refractivity contribution >= 4 is 0 Å². The highest BCUT2D eigenvalue weighted by molar-refractivity contribution is 5.46. The van der Waals surface area contributed by atoms with Crippen molar-refractivity contribution < 1.29 is 14.2 Å². The summed E-state index contributed by atoms with van der Waals surface area (Å²) in [5.74, 6) is 5.16. The predicted octanol–water partition coefficient (Wildman–Crippen LogP) is 2.61. The molecule has 0 aliphatic heterocycles. The third kappa shape index (κ3) is 4.68. The van der Waals surface area contributed by atoms with E-state index in [0.717, 1.165) is 11.1 Å². The lowest BCUT2D eigenvalue weighted by Crippen LogP contribution is -2.21. The molecule has 0 aliphatic rings. The molecule has 3 aromatic rings. The number of aryl methyl sites for hydroxylation is 3. The van der Waals surface area contributed by atoms with Crippen LogP contribution in [0.4, 0.5) is 4.39 Å². The van der Waals surface area contributed by atoms with Gasteiger partial charge in [-0.05, 0) is 50.0 Å². The van der Waals surface area contributed by atoms with Crippen LogP contribution in [0.2, 0.25) is 0 Å². The Bertz CT molecular complexity index is 1180. The van der Waals surface area contributed by atoms with Crippen molar-refractivity contribution in [2.24, 2.45) is 0 Å². The average molecular weight is 393 g/mol. The highest BCUT2D eigenvalue weighted by Crippen LogP contribution is 2.19. The molecule has 0 amide bonds. The summed E-state index contributed by atoms with van der Waals surface area (Å²) in [6.07, 6.45) is 3.19. The van der Waals surface area contributed by atoms with Gasteiger partial charge in [-0.25, -0.2) is 9.37 Å². The van der Waals surface area contributed by atoms with Gasteiger partial charge in [0.1, 0.15) is 36.2 Å². The first kappa shape index (κ1) is 20.2. The van der Waals surface area contributed by atoms with Gasteiger partial charge in [0, 0.05) is 30.2 Å². The number of nitrogens with zero attached hydrogens (tertiary/aromatic N) is 3. The summed E-state index contributed by atoms with van der Waals surface area (Å²) in [4.78, 5) is 21.0. The summed E-state index contributed by atoms with van der Waals surface area (Å²) in [5, 5.41) is 8.85. The van der Waals surface area contributed by atoms with Crippen molar-refractivity contribution in [3.05, 3.63) is 81.0 Å². The molecule has 3 rings (SSSR count). The molecule has 3 heterocycles. The zero-order valence-corrected chi connectivity index (χ0v) is 16.4. The lowest BCUT2D eigenvalue weighted by molar-refractivity contribution is 0.293. The Hall–Kier alpha value is -3.50. The van der Waals surface area contributed by atoms with E-state index in [1.165, 1.54) is 16.7 Å². The van der Waals surface area contributed by atoms with Gasteiger partial charge < -0.3 is 9.84 Å². The molecule has 3 aromatic heterocycles. The molecule has 7 heteroatoms. The molecule has 0 saturated carbocycles. The number of hydrogen-bond donors (Lipinski definition) is 1. The molecular weight excluding hydrogens is 373 g/mol. The van der Waals surface area contributed by atoms with Gasteiger partial charge in [-0.15, -0.1) is 0 Å². The molecule has 0 fully saturated rings. The van der Waals surface area contributed by atoms with E-state index in [0.29, 0.717) is 22.8 Å². The van der Waals surface area contributed by atoms with Gasteiger partial charge in [0.25, 0.3) is 5.56 Å². The smallest absolute Gasteiger partial charge is 0.259 e. The standard InChI is InChI=1S/C22H20FN3O3/c1-14-7-19(23)20(25-11-14)13-29-18-8-16(3)26(22(28)10-18)21-9-17(5-4-6-27)24-12-15(21)2/h7-12,27H,6,13H2,1-3H3. The average Bonchev–Trinajstić information content (AvgIpc) is 2.67. The molecule has 0 spiro atoms. The van der Waals surface area contributed by atoms with Gasteiger partial charge in [0.05, 0.1) is 5.69 Å². The number of pyridine rings is 3. The van der Waals surface area contributed by atoms with Crippen molar-refractivity contribution in [1.82, 2.24) is 14.5 Å². The molecule has 0 bridgehead atoms. The van der Waals surface area contributed by atoms with E-state index in [9.17, 15) is 9.18 Å². The zero-order valence-electron chi connectivity index (χ0n) is 16.4. The lowest BCUT2D eigenvalue weighted by atomic mass is 10.2. The topological polar surface area (TPSA) is 77.2 Å². The maximum absolute atomic E-state index is 13.9. The first-order valence-corrected chi connectivity index (χ1v) is 8.93. The van der Waals surface area contributed by atoms with Crippen molar-refractivity contribution in [2.45, 2.75) is 27.4 Å². The highest BCUT2D eigenvalue weighted by Gasteiger charge is 2.11.